The summed E-state index contributed by atoms with van der Waals surface area (Å²) in [6.07, 6.45) is 1.66. The topological polar surface area (TPSA) is 48.4 Å². The van der Waals surface area contributed by atoms with Gasteiger partial charge >= 0.3 is 0 Å². The maximum atomic E-state index is 5.55. The molecule has 74 valence electrons. The van der Waals surface area contributed by atoms with Gasteiger partial charge in [-0.3, -0.25) is 0 Å². The molecule has 2 N–H and O–H groups in total. The van der Waals surface area contributed by atoms with Crippen LogP contribution in [0.4, 0.5) is 0 Å². The van der Waals surface area contributed by atoms with Crippen LogP contribution in [0.15, 0.2) is 28.9 Å². The van der Waals surface area contributed by atoms with Crippen LogP contribution in [0.25, 0.3) is 10.4 Å². The van der Waals surface area contributed by atoms with Crippen LogP contribution in [0.5, 0.6) is 5.06 Å². The Labute approximate surface area is 86.1 Å². The van der Waals surface area contributed by atoms with E-state index in [9.17, 15) is 0 Å². The third-order valence-electron chi connectivity index (χ3n) is 1.98. The minimum absolute atomic E-state index is 0.419. The molecule has 3 nitrogen and oxygen atoms in total. The van der Waals surface area contributed by atoms with Gasteiger partial charge in [0.05, 0.1) is 19.9 Å². The highest BCUT2D eigenvalue weighted by Gasteiger charge is 2.09. The Kier molecular flexibility index (Phi) is 2.56. The number of methoxy groups -OCH3 is 1. The van der Waals surface area contributed by atoms with Crippen molar-refractivity contribution in [1.82, 2.24) is 0 Å². The van der Waals surface area contributed by atoms with Gasteiger partial charge in [-0.2, -0.15) is 0 Å². The number of nitrogens with two attached hydrogens (primary N) is 1. The summed E-state index contributed by atoms with van der Waals surface area (Å²) in [4.78, 5) is 1.12. The summed E-state index contributed by atoms with van der Waals surface area (Å²) in [6.45, 7) is 0.419. The highest BCUT2D eigenvalue weighted by atomic mass is 32.1. The third-order valence-corrected chi connectivity index (χ3v) is 3.06. The van der Waals surface area contributed by atoms with Gasteiger partial charge in [0.2, 0.25) is 0 Å². The fourth-order valence-electron chi connectivity index (χ4n) is 1.29. The maximum Gasteiger partial charge on any atom is 0.173 e. The summed E-state index contributed by atoms with van der Waals surface area (Å²) in [6, 6.07) is 5.87. The van der Waals surface area contributed by atoms with E-state index in [0.29, 0.717) is 6.54 Å². The molecule has 2 aromatic heterocycles. The highest BCUT2D eigenvalue weighted by Crippen LogP contribution is 2.34. The first-order chi connectivity index (χ1) is 6.85. The second-order valence-corrected chi connectivity index (χ2v) is 3.83. The van der Waals surface area contributed by atoms with E-state index in [4.69, 9.17) is 14.9 Å². The molecule has 0 spiro atoms. The molecular weight excluding hydrogens is 198 g/mol. The van der Waals surface area contributed by atoms with Crippen molar-refractivity contribution in [3.05, 3.63) is 30.2 Å². The van der Waals surface area contributed by atoms with Crippen LogP contribution < -0.4 is 10.5 Å². The molecule has 0 bridgehead atoms. The normalized spacial score (nSPS) is 10.4. The Hall–Kier alpha value is -1.26. The van der Waals surface area contributed by atoms with Crippen molar-refractivity contribution < 1.29 is 9.15 Å². The molecule has 0 saturated heterocycles. The zero-order chi connectivity index (χ0) is 9.97. The van der Waals surface area contributed by atoms with Crippen molar-refractivity contribution in [3.8, 4) is 15.5 Å². The Morgan fingerprint density at radius 2 is 2.29 bits per heavy atom. The molecule has 2 rings (SSSR count). The molecule has 0 radical (unpaired) electrons. The van der Waals surface area contributed by atoms with Crippen LogP contribution in [0.1, 0.15) is 5.76 Å². The van der Waals surface area contributed by atoms with Gasteiger partial charge in [-0.25, -0.2) is 0 Å². The Balaban J connectivity index is 2.38. The van der Waals surface area contributed by atoms with E-state index in [1.807, 2.05) is 18.2 Å². The van der Waals surface area contributed by atoms with Crippen LogP contribution in [-0.4, -0.2) is 7.11 Å². The standard InChI is InChI=1S/C10H11NO2S/c1-12-10-3-2-9(14-10)7-4-5-13-8(7)6-11/h2-5H,6,11H2,1H3. The molecule has 0 aliphatic carbocycles. The second-order valence-electron chi connectivity index (χ2n) is 2.78. The third kappa shape index (κ3) is 1.54. The van der Waals surface area contributed by atoms with Gasteiger partial charge in [-0.15, -0.1) is 0 Å². The van der Waals surface area contributed by atoms with E-state index in [1.165, 1.54) is 0 Å². The monoisotopic (exact) mass is 209 g/mol. The van der Waals surface area contributed by atoms with Gasteiger partial charge in [0.1, 0.15) is 5.76 Å². The van der Waals surface area contributed by atoms with E-state index in [0.717, 1.165) is 21.3 Å². The molecule has 0 aromatic carbocycles. The Bertz CT molecular complexity index is 419. The molecule has 2 heterocycles. The van der Waals surface area contributed by atoms with Gasteiger partial charge in [0.15, 0.2) is 5.06 Å². The number of thiophene rings is 1. The Morgan fingerprint density at radius 3 is 2.93 bits per heavy atom. The SMILES string of the molecule is COc1ccc(-c2ccoc2CN)s1. The Morgan fingerprint density at radius 1 is 1.43 bits per heavy atom. The fourth-order valence-corrected chi connectivity index (χ4v) is 2.16. The quantitative estimate of drug-likeness (QED) is 0.844. The fraction of sp³-hybridized carbons (Fsp3) is 0.200. The van der Waals surface area contributed by atoms with Gasteiger partial charge in [-0.05, 0) is 18.2 Å². The summed E-state index contributed by atoms with van der Waals surface area (Å²) in [5, 5.41) is 0.893. The summed E-state index contributed by atoms with van der Waals surface area (Å²) in [7, 11) is 1.66. The van der Waals surface area contributed by atoms with Gasteiger partial charge in [0, 0.05) is 10.4 Å². The first-order valence-corrected chi connectivity index (χ1v) is 5.07. The van der Waals surface area contributed by atoms with E-state index in [1.54, 1.807) is 24.7 Å². The zero-order valence-electron chi connectivity index (χ0n) is 7.82. The number of hydrogen-bond donors (Lipinski definition) is 1. The minimum Gasteiger partial charge on any atom is -0.487 e. The number of rotatable bonds is 3. The average Bonchev–Trinajstić information content (AvgIpc) is 2.85. The molecule has 2 aromatic rings. The lowest BCUT2D eigenvalue weighted by Crippen LogP contribution is -1.94. The van der Waals surface area contributed by atoms with Crippen molar-refractivity contribution >= 4 is 11.3 Å². The van der Waals surface area contributed by atoms with E-state index in [2.05, 4.69) is 0 Å². The summed E-state index contributed by atoms with van der Waals surface area (Å²) in [5.41, 5.74) is 6.61. The summed E-state index contributed by atoms with van der Waals surface area (Å²) in [5.74, 6) is 0.814. The van der Waals surface area contributed by atoms with Gasteiger partial charge < -0.3 is 14.9 Å². The molecule has 0 saturated carbocycles. The van der Waals surface area contributed by atoms with Crippen molar-refractivity contribution in [2.45, 2.75) is 6.54 Å². The maximum absolute atomic E-state index is 5.55. The molecule has 0 aliphatic heterocycles. The lowest BCUT2D eigenvalue weighted by molar-refractivity contribution is 0.427. The first kappa shape index (κ1) is 9.30. The lowest BCUT2D eigenvalue weighted by atomic mass is 10.2. The molecule has 0 amide bonds. The predicted octanol–water partition coefficient (Wildman–Crippen LogP) is 2.48. The number of hydrogen-bond acceptors (Lipinski definition) is 4. The predicted molar refractivity (Wildman–Crippen MR) is 56.5 cm³/mol. The molecule has 14 heavy (non-hydrogen) atoms. The molecule has 0 unspecified atom stereocenters. The molecule has 0 aliphatic rings. The average molecular weight is 209 g/mol. The van der Waals surface area contributed by atoms with Gasteiger partial charge in [0.25, 0.3) is 0 Å². The molecule has 0 fully saturated rings. The van der Waals surface area contributed by atoms with Crippen LogP contribution in [-0.2, 0) is 6.54 Å². The summed E-state index contributed by atoms with van der Waals surface area (Å²) >= 11 is 1.58. The lowest BCUT2D eigenvalue weighted by Gasteiger charge is -1.95. The van der Waals surface area contributed by atoms with Crippen molar-refractivity contribution in [1.29, 1.82) is 0 Å². The molecule has 4 heteroatoms. The highest BCUT2D eigenvalue weighted by molar-refractivity contribution is 7.17. The van der Waals surface area contributed by atoms with Crippen LogP contribution in [0, 0.1) is 0 Å². The van der Waals surface area contributed by atoms with E-state index >= 15 is 0 Å². The van der Waals surface area contributed by atoms with E-state index in [-0.39, 0.29) is 0 Å². The van der Waals surface area contributed by atoms with E-state index < -0.39 is 0 Å². The molecule has 0 atom stereocenters. The minimum atomic E-state index is 0.419. The molecular formula is C10H11NO2S. The van der Waals surface area contributed by atoms with Crippen molar-refractivity contribution in [2.24, 2.45) is 5.73 Å². The van der Waals surface area contributed by atoms with Crippen molar-refractivity contribution in [2.75, 3.05) is 7.11 Å². The van der Waals surface area contributed by atoms with Crippen LogP contribution >= 0.6 is 11.3 Å². The largest absolute Gasteiger partial charge is 0.487 e. The smallest absolute Gasteiger partial charge is 0.173 e. The zero-order valence-corrected chi connectivity index (χ0v) is 8.64. The number of ether oxygens (including phenoxy) is 1. The van der Waals surface area contributed by atoms with Crippen LogP contribution in [0.2, 0.25) is 0 Å². The van der Waals surface area contributed by atoms with Crippen molar-refractivity contribution in [3.63, 3.8) is 0 Å². The summed E-state index contributed by atoms with van der Waals surface area (Å²) < 4.78 is 10.4. The van der Waals surface area contributed by atoms with Crippen LogP contribution in [0.3, 0.4) is 0 Å². The van der Waals surface area contributed by atoms with Gasteiger partial charge in [-0.1, -0.05) is 11.3 Å². The number of furan rings is 1. The first-order valence-electron chi connectivity index (χ1n) is 4.25. The second kappa shape index (κ2) is 3.86.